The largest absolute Gasteiger partial charge is 0.350 e. The van der Waals surface area contributed by atoms with Crippen molar-refractivity contribution >= 4 is 34.9 Å². The number of carbonyl (C=O) groups excluding carboxylic acids is 1. The van der Waals surface area contributed by atoms with E-state index in [0.29, 0.717) is 18.2 Å². The summed E-state index contributed by atoms with van der Waals surface area (Å²) in [6, 6.07) is 14.4. The predicted octanol–water partition coefficient (Wildman–Crippen LogP) is 3.58. The molecule has 1 aromatic heterocycles. The van der Waals surface area contributed by atoms with E-state index in [2.05, 4.69) is 20.4 Å². The number of benzene rings is 2. The molecule has 2 aromatic carbocycles. The third-order valence-corrected chi connectivity index (χ3v) is 5.81. The molecule has 0 saturated carbocycles. The van der Waals surface area contributed by atoms with Gasteiger partial charge in [-0.3, -0.25) is 20.0 Å². The van der Waals surface area contributed by atoms with Crippen LogP contribution >= 0.6 is 12.4 Å². The Bertz CT molecular complexity index is 1030. The molecule has 0 bridgehead atoms. The molecular weight excluding hydrogens is 418 g/mol. The molecule has 1 saturated heterocycles. The van der Waals surface area contributed by atoms with Gasteiger partial charge in [0.15, 0.2) is 5.69 Å². The maximum Gasteiger partial charge on any atom is 0.272 e. The van der Waals surface area contributed by atoms with Crippen LogP contribution in [0, 0.1) is 16.0 Å². The van der Waals surface area contributed by atoms with Crippen molar-refractivity contribution in [2.45, 2.75) is 19.3 Å². The number of nitrogens with zero attached hydrogens (tertiary/aromatic N) is 3. The number of para-hydroxylation sites is 1. The number of amides is 1. The monoisotopic (exact) mass is 443 g/mol. The molecule has 1 aliphatic rings. The molecule has 8 nitrogen and oxygen atoms in total. The normalized spacial score (nSPS) is 14.8. The molecule has 0 atom stereocenters. The molecule has 0 spiro atoms. The van der Waals surface area contributed by atoms with Crippen LogP contribution in [-0.2, 0) is 6.42 Å². The van der Waals surface area contributed by atoms with Crippen molar-refractivity contribution < 1.29 is 9.72 Å². The van der Waals surface area contributed by atoms with Gasteiger partial charge < -0.3 is 10.2 Å². The van der Waals surface area contributed by atoms with Crippen molar-refractivity contribution in [3.05, 3.63) is 69.9 Å². The molecule has 3 aromatic rings. The van der Waals surface area contributed by atoms with Crippen molar-refractivity contribution in [1.29, 1.82) is 0 Å². The lowest BCUT2D eigenvalue weighted by Gasteiger charge is -2.32. The van der Waals surface area contributed by atoms with Crippen molar-refractivity contribution in [2.75, 3.05) is 26.2 Å². The van der Waals surface area contributed by atoms with E-state index < -0.39 is 0 Å². The smallest absolute Gasteiger partial charge is 0.272 e. The Labute approximate surface area is 186 Å². The van der Waals surface area contributed by atoms with Crippen LogP contribution in [-0.4, -0.2) is 52.1 Å². The van der Waals surface area contributed by atoms with E-state index in [9.17, 15) is 14.9 Å². The molecule has 0 aliphatic carbocycles. The first-order valence-electron chi connectivity index (χ1n) is 10.3. The minimum absolute atomic E-state index is 0. The van der Waals surface area contributed by atoms with E-state index in [1.54, 1.807) is 12.1 Å². The Morgan fingerprint density at radius 1 is 1.16 bits per heavy atom. The van der Waals surface area contributed by atoms with Gasteiger partial charge in [0.2, 0.25) is 0 Å². The number of likely N-dealkylation sites (tertiary alicyclic amines) is 1. The van der Waals surface area contributed by atoms with Crippen LogP contribution in [0.4, 0.5) is 5.69 Å². The zero-order valence-electron chi connectivity index (χ0n) is 17.1. The number of aromatic nitrogens is 2. The molecule has 1 fully saturated rings. The van der Waals surface area contributed by atoms with Gasteiger partial charge in [-0.05, 0) is 49.9 Å². The van der Waals surface area contributed by atoms with Crippen molar-refractivity contribution in [3.8, 4) is 0 Å². The van der Waals surface area contributed by atoms with E-state index in [0.717, 1.165) is 55.4 Å². The number of nitrogens with one attached hydrogen (secondary N) is 2. The van der Waals surface area contributed by atoms with Gasteiger partial charge in [0.25, 0.3) is 11.6 Å². The lowest BCUT2D eigenvalue weighted by atomic mass is 9.96. The highest BCUT2D eigenvalue weighted by Gasteiger charge is 2.21. The average Bonchev–Trinajstić information content (AvgIpc) is 3.21. The Morgan fingerprint density at radius 2 is 1.87 bits per heavy atom. The molecule has 0 radical (unpaired) electrons. The van der Waals surface area contributed by atoms with Gasteiger partial charge in [-0.25, -0.2) is 0 Å². The molecule has 1 amide bonds. The Balaban J connectivity index is 0.00000272. The summed E-state index contributed by atoms with van der Waals surface area (Å²) in [5.41, 5.74) is 2.56. The van der Waals surface area contributed by atoms with Crippen LogP contribution < -0.4 is 5.32 Å². The number of nitro benzene ring substituents is 1. The van der Waals surface area contributed by atoms with E-state index in [4.69, 9.17) is 0 Å². The number of non-ortho nitro benzene ring substituents is 1. The summed E-state index contributed by atoms with van der Waals surface area (Å²) in [6.07, 6.45) is 2.97. The van der Waals surface area contributed by atoms with Crippen LogP contribution in [0.15, 0.2) is 48.5 Å². The first-order chi connectivity index (χ1) is 14.6. The number of halogens is 1. The SMILES string of the molecule is Cl.O=C(NCC1CCN(CCc2ccc([N+](=O)[O-])cc2)CC1)c1n[nH]c2ccccc12. The van der Waals surface area contributed by atoms with Gasteiger partial charge >= 0.3 is 0 Å². The highest BCUT2D eigenvalue weighted by molar-refractivity contribution is 6.04. The first kappa shape index (κ1) is 22.7. The maximum atomic E-state index is 12.5. The summed E-state index contributed by atoms with van der Waals surface area (Å²) in [4.78, 5) is 25.3. The summed E-state index contributed by atoms with van der Waals surface area (Å²) in [5.74, 6) is 0.336. The molecular formula is C22H26ClN5O3. The molecule has 9 heteroatoms. The van der Waals surface area contributed by atoms with E-state index >= 15 is 0 Å². The molecule has 1 aliphatic heterocycles. The van der Waals surface area contributed by atoms with Crippen LogP contribution in [0.2, 0.25) is 0 Å². The number of fused-ring (bicyclic) bond motifs is 1. The molecule has 164 valence electrons. The van der Waals surface area contributed by atoms with Crippen LogP contribution in [0.1, 0.15) is 28.9 Å². The van der Waals surface area contributed by atoms with Gasteiger partial charge in [0.05, 0.1) is 10.4 Å². The number of hydrogen-bond acceptors (Lipinski definition) is 5. The number of hydrogen-bond donors (Lipinski definition) is 2. The average molecular weight is 444 g/mol. The number of piperidine rings is 1. The highest BCUT2D eigenvalue weighted by Crippen LogP contribution is 2.19. The molecule has 31 heavy (non-hydrogen) atoms. The van der Waals surface area contributed by atoms with E-state index in [1.807, 2.05) is 36.4 Å². The standard InChI is InChI=1S/C22H25N5O3.ClH/c28-22(21-19-3-1-2-4-20(19)24-25-21)23-15-17-10-13-26(14-11-17)12-9-16-5-7-18(8-6-16)27(29)30;/h1-8,17H,9-15H2,(H,23,28)(H,24,25);1H. The fraction of sp³-hybridized carbons (Fsp3) is 0.364. The second kappa shape index (κ2) is 10.4. The van der Waals surface area contributed by atoms with Crippen LogP contribution in [0.3, 0.4) is 0 Å². The summed E-state index contributed by atoms with van der Waals surface area (Å²) in [7, 11) is 0. The van der Waals surface area contributed by atoms with Gasteiger partial charge in [0.1, 0.15) is 0 Å². The third-order valence-electron chi connectivity index (χ3n) is 5.81. The molecule has 0 unspecified atom stereocenters. The first-order valence-corrected chi connectivity index (χ1v) is 10.3. The molecule has 2 N–H and O–H groups in total. The highest BCUT2D eigenvalue weighted by atomic mass is 35.5. The number of aromatic amines is 1. The minimum Gasteiger partial charge on any atom is -0.350 e. The fourth-order valence-corrected chi connectivity index (χ4v) is 3.94. The number of H-pyrrole nitrogens is 1. The zero-order chi connectivity index (χ0) is 20.9. The fourth-order valence-electron chi connectivity index (χ4n) is 3.94. The maximum absolute atomic E-state index is 12.5. The van der Waals surface area contributed by atoms with Crippen molar-refractivity contribution in [2.24, 2.45) is 5.92 Å². The Morgan fingerprint density at radius 3 is 2.58 bits per heavy atom. The van der Waals surface area contributed by atoms with Crippen LogP contribution in [0.25, 0.3) is 10.9 Å². The van der Waals surface area contributed by atoms with Gasteiger partial charge in [-0.2, -0.15) is 5.10 Å². The lowest BCUT2D eigenvalue weighted by Crippen LogP contribution is -2.39. The van der Waals surface area contributed by atoms with E-state index in [1.165, 1.54) is 0 Å². The topological polar surface area (TPSA) is 104 Å². The number of carbonyl (C=O) groups is 1. The quantitative estimate of drug-likeness (QED) is 0.429. The number of nitro groups is 1. The summed E-state index contributed by atoms with van der Waals surface area (Å²) < 4.78 is 0. The Kier molecular flexibility index (Phi) is 7.59. The molecule has 4 rings (SSSR count). The van der Waals surface area contributed by atoms with Crippen molar-refractivity contribution in [3.63, 3.8) is 0 Å². The predicted molar refractivity (Wildman–Crippen MR) is 122 cm³/mol. The van der Waals surface area contributed by atoms with E-state index in [-0.39, 0.29) is 28.9 Å². The third kappa shape index (κ3) is 5.59. The zero-order valence-corrected chi connectivity index (χ0v) is 17.9. The second-order valence-corrected chi connectivity index (χ2v) is 7.79. The minimum atomic E-state index is -0.373. The van der Waals surface area contributed by atoms with Crippen molar-refractivity contribution in [1.82, 2.24) is 20.4 Å². The summed E-state index contributed by atoms with van der Waals surface area (Å²) in [6.45, 7) is 3.60. The Hall–Kier alpha value is -2.97. The van der Waals surface area contributed by atoms with Gasteiger partial charge in [0, 0.05) is 30.6 Å². The lowest BCUT2D eigenvalue weighted by molar-refractivity contribution is -0.384. The van der Waals surface area contributed by atoms with Gasteiger partial charge in [-0.1, -0.05) is 30.3 Å². The summed E-state index contributed by atoms with van der Waals surface area (Å²) in [5, 5.41) is 21.7. The molecule has 2 heterocycles. The van der Waals surface area contributed by atoms with Gasteiger partial charge in [-0.15, -0.1) is 12.4 Å². The summed E-state index contributed by atoms with van der Waals surface area (Å²) >= 11 is 0. The second-order valence-electron chi connectivity index (χ2n) is 7.79. The number of rotatable bonds is 7. The van der Waals surface area contributed by atoms with Crippen LogP contribution in [0.5, 0.6) is 0 Å².